The Kier molecular flexibility index (Phi) is 3.81. The fourth-order valence-electron chi connectivity index (χ4n) is 1.76. The summed E-state index contributed by atoms with van der Waals surface area (Å²) in [6.45, 7) is 6.49. The van der Waals surface area contributed by atoms with Gasteiger partial charge in [-0.1, -0.05) is 6.92 Å². The van der Waals surface area contributed by atoms with Gasteiger partial charge in [0.05, 0.1) is 11.4 Å². The van der Waals surface area contributed by atoms with E-state index >= 15 is 0 Å². The molecule has 0 aliphatic heterocycles. The normalized spacial score (nSPS) is 10.9. The summed E-state index contributed by atoms with van der Waals surface area (Å²) in [4.78, 5) is 4.10. The third-order valence-electron chi connectivity index (χ3n) is 2.55. The van der Waals surface area contributed by atoms with Crippen LogP contribution >= 0.6 is 21.5 Å². The van der Waals surface area contributed by atoms with Crippen LogP contribution in [0.3, 0.4) is 0 Å². The summed E-state index contributed by atoms with van der Waals surface area (Å²) in [5.41, 5.74) is 2.42. The number of hydrogen-bond donors (Lipinski definition) is 0. The maximum absolute atomic E-state index is 4.59. The van der Waals surface area contributed by atoms with Crippen molar-refractivity contribution in [1.29, 1.82) is 0 Å². The Morgan fingerprint density at radius 3 is 2.75 bits per heavy atom. The second kappa shape index (κ2) is 4.97. The summed E-state index contributed by atoms with van der Waals surface area (Å²) in [5.74, 6) is 0. The summed E-state index contributed by atoms with van der Waals surface area (Å²) in [7, 11) is 1.83. The SMILES string of the molecule is CCc1ccn(-c2c(C)sc(C)c2[S][AlH])n1. The Balaban J connectivity index is 2.54. The summed E-state index contributed by atoms with van der Waals surface area (Å²) < 4.78 is 2.02. The van der Waals surface area contributed by atoms with Gasteiger partial charge in [-0.2, -0.15) is 5.10 Å². The maximum atomic E-state index is 4.59. The van der Waals surface area contributed by atoms with E-state index in [0.29, 0.717) is 0 Å². The summed E-state index contributed by atoms with van der Waals surface area (Å²) in [6, 6.07) is 2.10. The number of aryl methyl sites for hydroxylation is 3. The van der Waals surface area contributed by atoms with Gasteiger partial charge in [-0.3, -0.25) is 0 Å². The fourth-order valence-corrected chi connectivity index (χ4v) is 5.03. The minimum absolute atomic E-state index is 0.992. The van der Waals surface area contributed by atoms with E-state index in [0.717, 1.165) is 12.1 Å². The molecule has 0 spiro atoms. The van der Waals surface area contributed by atoms with Crippen molar-refractivity contribution in [2.24, 2.45) is 0 Å². The van der Waals surface area contributed by atoms with Crippen molar-refractivity contribution >= 4 is 36.6 Å². The third-order valence-corrected chi connectivity index (χ3v) is 5.35. The molecule has 0 unspecified atom stereocenters. The molecule has 0 atom stereocenters. The zero-order chi connectivity index (χ0) is 11.7. The molecule has 0 N–H and O–H groups in total. The Hall–Kier alpha value is -0.208. The zero-order valence-electron chi connectivity index (χ0n) is 9.78. The lowest BCUT2D eigenvalue weighted by atomic mass is 10.3. The van der Waals surface area contributed by atoms with Crippen LogP contribution in [-0.2, 0) is 6.42 Å². The van der Waals surface area contributed by atoms with E-state index in [2.05, 4.69) is 38.1 Å². The van der Waals surface area contributed by atoms with Crippen LogP contribution in [0.1, 0.15) is 22.4 Å². The van der Waals surface area contributed by atoms with Crippen LogP contribution < -0.4 is 0 Å². The van der Waals surface area contributed by atoms with Crippen molar-refractivity contribution in [3.63, 3.8) is 0 Å². The van der Waals surface area contributed by atoms with Gasteiger partial charge in [0, 0.05) is 20.8 Å². The lowest BCUT2D eigenvalue weighted by molar-refractivity contribution is 0.826. The second-order valence-electron chi connectivity index (χ2n) is 3.64. The molecule has 0 aliphatic rings. The van der Waals surface area contributed by atoms with Crippen LogP contribution in [0.15, 0.2) is 17.2 Å². The Labute approximate surface area is 112 Å². The average molecular weight is 265 g/mol. The minimum atomic E-state index is 0.992. The molecule has 2 heterocycles. The number of rotatable bonds is 3. The van der Waals surface area contributed by atoms with Gasteiger partial charge in [0.1, 0.15) is 0 Å². The first kappa shape index (κ1) is 12.3. The van der Waals surface area contributed by atoms with E-state index < -0.39 is 0 Å². The van der Waals surface area contributed by atoms with Crippen LogP contribution in [0.5, 0.6) is 0 Å². The first-order valence-electron chi connectivity index (χ1n) is 5.24. The molecular weight excluding hydrogens is 251 g/mol. The van der Waals surface area contributed by atoms with Crippen molar-refractivity contribution in [2.75, 3.05) is 0 Å². The first-order chi connectivity index (χ1) is 7.67. The summed E-state index contributed by atoms with van der Waals surface area (Å²) in [5, 5.41) is 4.59. The highest BCUT2D eigenvalue weighted by Crippen LogP contribution is 2.36. The molecule has 83 valence electrons. The summed E-state index contributed by atoms with van der Waals surface area (Å²) >= 11 is 3.78. The first-order valence-corrected chi connectivity index (χ1v) is 8.77. The number of nitrogens with zero attached hydrogens (tertiary/aromatic N) is 2. The van der Waals surface area contributed by atoms with Gasteiger partial charge in [0.25, 0.3) is 15.2 Å². The third kappa shape index (κ3) is 2.10. The van der Waals surface area contributed by atoms with E-state index in [9.17, 15) is 0 Å². The molecule has 5 heteroatoms. The van der Waals surface area contributed by atoms with Gasteiger partial charge in [-0.15, -0.1) is 11.3 Å². The quantitative estimate of drug-likeness (QED) is 0.794. The van der Waals surface area contributed by atoms with Crippen molar-refractivity contribution < 1.29 is 0 Å². The van der Waals surface area contributed by atoms with Gasteiger partial charge in [0.2, 0.25) is 0 Å². The number of aromatic nitrogens is 2. The highest BCUT2D eigenvalue weighted by Gasteiger charge is 2.14. The molecule has 0 saturated carbocycles. The molecule has 2 aromatic rings. The fraction of sp³-hybridized carbons (Fsp3) is 0.364. The second-order valence-corrected chi connectivity index (χ2v) is 6.63. The van der Waals surface area contributed by atoms with Crippen LogP contribution in [0, 0.1) is 13.8 Å². The molecule has 0 bridgehead atoms. The van der Waals surface area contributed by atoms with E-state index in [1.807, 2.05) is 41.3 Å². The molecule has 2 aromatic heterocycles. The predicted molar refractivity (Wildman–Crippen MR) is 73.3 cm³/mol. The van der Waals surface area contributed by atoms with E-state index in [-0.39, 0.29) is 0 Å². The molecule has 1 radical (unpaired) electrons. The Morgan fingerprint density at radius 1 is 1.44 bits per heavy atom. The Morgan fingerprint density at radius 2 is 2.19 bits per heavy atom. The number of thiophene rings is 1. The molecule has 16 heavy (non-hydrogen) atoms. The largest absolute Gasteiger partial charge is 0.282 e. The van der Waals surface area contributed by atoms with E-state index in [1.165, 1.54) is 20.3 Å². The van der Waals surface area contributed by atoms with Crippen LogP contribution in [0.2, 0.25) is 0 Å². The Bertz CT molecular complexity index is 502. The average Bonchev–Trinajstić information content (AvgIpc) is 2.82. The predicted octanol–water partition coefficient (Wildman–Crippen LogP) is 3.02. The summed E-state index contributed by atoms with van der Waals surface area (Å²) in [6.07, 6.45) is 3.06. The van der Waals surface area contributed by atoms with Crippen LogP contribution in [0.25, 0.3) is 5.69 Å². The lowest BCUT2D eigenvalue weighted by Crippen LogP contribution is -1.97. The minimum Gasteiger partial charge on any atom is -0.241 e. The van der Waals surface area contributed by atoms with Crippen molar-refractivity contribution in [1.82, 2.24) is 9.78 Å². The van der Waals surface area contributed by atoms with Gasteiger partial charge in [0.15, 0.2) is 0 Å². The molecular formula is C11H14AlN2S2. The topological polar surface area (TPSA) is 17.8 Å². The van der Waals surface area contributed by atoms with Crippen molar-refractivity contribution in [3.8, 4) is 5.69 Å². The van der Waals surface area contributed by atoms with E-state index in [4.69, 9.17) is 0 Å². The van der Waals surface area contributed by atoms with Gasteiger partial charge in [-0.25, -0.2) is 14.8 Å². The monoisotopic (exact) mass is 265 g/mol. The zero-order valence-corrected chi connectivity index (χ0v) is 12.8. The maximum Gasteiger partial charge on any atom is 0.282 e. The molecule has 0 aliphatic carbocycles. The molecule has 2 nitrogen and oxygen atoms in total. The lowest BCUT2D eigenvalue weighted by Gasteiger charge is -2.05. The van der Waals surface area contributed by atoms with Crippen LogP contribution in [-0.4, -0.2) is 24.9 Å². The van der Waals surface area contributed by atoms with Gasteiger partial charge >= 0.3 is 0 Å². The molecule has 0 amide bonds. The van der Waals surface area contributed by atoms with Gasteiger partial charge in [-0.05, 0) is 26.3 Å². The van der Waals surface area contributed by atoms with E-state index in [1.54, 1.807) is 0 Å². The highest BCUT2D eigenvalue weighted by atomic mass is 32.3. The molecule has 0 saturated heterocycles. The molecule has 2 rings (SSSR count). The van der Waals surface area contributed by atoms with Gasteiger partial charge < -0.3 is 0 Å². The number of hydrogen-bond acceptors (Lipinski definition) is 3. The standard InChI is InChI=1S/C11H14N2S2.Al.H/c1-4-9-5-6-13(12-9)10-7(2)15-8(3)11(10)14;;/h5-6,14H,4H2,1-3H3;;/q;+1;/p-1. The van der Waals surface area contributed by atoms with Crippen molar-refractivity contribution in [3.05, 3.63) is 27.7 Å². The van der Waals surface area contributed by atoms with Crippen LogP contribution in [0.4, 0.5) is 0 Å². The van der Waals surface area contributed by atoms with Crippen molar-refractivity contribution in [2.45, 2.75) is 32.1 Å². The highest BCUT2D eigenvalue weighted by molar-refractivity contribution is 8.19. The molecule has 0 fully saturated rings. The molecule has 0 aromatic carbocycles. The smallest absolute Gasteiger partial charge is 0.241 e.